The molecule has 0 aliphatic rings. The van der Waals surface area contributed by atoms with Crippen molar-refractivity contribution in [2.24, 2.45) is 0 Å². The first kappa shape index (κ1) is 29.9. The highest BCUT2D eigenvalue weighted by Gasteiger charge is 2.20. The SMILES string of the molecule is CCCCc1ccc(-c2ccc3oc4ccc5c(=O)n(CCCOS(=O)(=O)c6ccc(C)cc6)c(=O)c6ccc(c3c2)c4c56)cc1. The van der Waals surface area contributed by atoms with E-state index in [2.05, 4.69) is 43.3 Å². The molecule has 0 bridgehead atoms. The van der Waals surface area contributed by atoms with Gasteiger partial charge < -0.3 is 4.42 Å². The van der Waals surface area contributed by atoms with Crippen molar-refractivity contribution in [3.8, 4) is 11.1 Å². The summed E-state index contributed by atoms with van der Waals surface area (Å²) in [5.74, 6) is 0. The average molecular weight is 632 g/mol. The number of hydrogen-bond donors (Lipinski definition) is 0. The minimum atomic E-state index is -3.95. The van der Waals surface area contributed by atoms with Crippen molar-refractivity contribution in [2.75, 3.05) is 6.61 Å². The predicted octanol–water partition coefficient (Wildman–Crippen LogP) is 7.97. The third kappa shape index (κ3) is 5.27. The lowest BCUT2D eigenvalue weighted by molar-refractivity contribution is 0.302. The molecule has 5 aromatic carbocycles. The molecule has 0 saturated heterocycles. The van der Waals surface area contributed by atoms with Crippen LogP contribution in [0.5, 0.6) is 0 Å². The molecule has 7 rings (SSSR count). The maximum Gasteiger partial charge on any atom is 0.296 e. The van der Waals surface area contributed by atoms with Crippen LogP contribution in [0.4, 0.5) is 0 Å². The molecular weight excluding hydrogens is 598 g/mol. The fourth-order valence-electron chi connectivity index (χ4n) is 6.25. The number of rotatable bonds is 10. The molecule has 0 unspecified atom stereocenters. The molecule has 2 aromatic heterocycles. The fourth-order valence-corrected chi connectivity index (χ4v) is 7.20. The zero-order valence-corrected chi connectivity index (χ0v) is 26.5. The minimum absolute atomic E-state index is 0.0193. The molecule has 0 spiro atoms. The van der Waals surface area contributed by atoms with Crippen molar-refractivity contribution in [1.29, 1.82) is 0 Å². The quantitative estimate of drug-likeness (QED) is 0.0658. The first-order chi connectivity index (χ1) is 22.2. The van der Waals surface area contributed by atoms with Crippen molar-refractivity contribution in [3.05, 3.63) is 123 Å². The van der Waals surface area contributed by atoms with E-state index in [0.717, 1.165) is 51.3 Å². The molecule has 0 amide bonds. The number of hydrogen-bond acceptors (Lipinski definition) is 6. The largest absolute Gasteiger partial charge is 0.456 e. The summed E-state index contributed by atoms with van der Waals surface area (Å²) in [5, 5.41) is 3.95. The molecule has 232 valence electrons. The summed E-state index contributed by atoms with van der Waals surface area (Å²) in [7, 11) is -3.95. The van der Waals surface area contributed by atoms with Gasteiger partial charge in [0.2, 0.25) is 0 Å². The zero-order valence-electron chi connectivity index (χ0n) is 25.7. The van der Waals surface area contributed by atoms with Crippen LogP contribution < -0.4 is 11.1 Å². The Labute approximate surface area is 266 Å². The molecule has 7 aromatic rings. The van der Waals surface area contributed by atoms with Crippen LogP contribution in [-0.4, -0.2) is 19.6 Å². The van der Waals surface area contributed by atoms with Gasteiger partial charge in [-0.1, -0.05) is 67.4 Å². The monoisotopic (exact) mass is 631 g/mol. The highest BCUT2D eigenvalue weighted by molar-refractivity contribution is 7.86. The standard InChI is InChI=1S/C38H33NO6S/c1-3-4-6-25-9-11-26(12-10-25)27-13-19-33-32(23-27)29-16-17-30-35-31(18-20-34(45-33)36(29)35)38(41)39(37(30)40)21-5-22-44-46(42,43)28-14-7-24(2)8-15-28/h7-20,23H,3-6,21-22H2,1-2H3. The van der Waals surface area contributed by atoms with Gasteiger partial charge in [-0.05, 0) is 90.7 Å². The van der Waals surface area contributed by atoms with Gasteiger partial charge in [0.05, 0.1) is 11.5 Å². The van der Waals surface area contributed by atoms with E-state index in [9.17, 15) is 18.0 Å². The summed E-state index contributed by atoms with van der Waals surface area (Å²) >= 11 is 0. The minimum Gasteiger partial charge on any atom is -0.456 e. The second kappa shape index (κ2) is 11.9. The van der Waals surface area contributed by atoms with Crippen molar-refractivity contribution >= 4 is 53.6 Å². The molecule has 0 aliphatic carbocycles. The molecule has 8 heteroatoms. The smallest absolute Gasteiger partial charge is 0.296 e. The van der Waals surface area contributed by atoms with Crippen LogP contribution in [0.1, 0.15) is 37.3 Å². The molecular formula is C38H33NO6S. The Morgan fingerprint density at radius 1 is 0.696 bits per heavy atom. The Morgan fingerprint density at radius 3 is 2.07 bits per heavy atom. The van der Waals surface area contributed by atoms with E-state index < -0.39 is 21.2 Å². The van der Waals surface area contributed by atoms with Crippen LogP contribution in [0.2, 0.25) is 0 Å². The molecule has 0 fully saturated rings. The lowest BCUT2D eigenvalue weighted by Gasteiger charge is -2.14. The average Bonchev–Trinajstić information content (AvgIpc) is 3.07. The van der Waals surface area contributed by atoms with Gasteiger partial charge in [-0.3, -0.25) is 18.3 Å². The molecule has 2 heterocycles. The second-order valence-corrected chi connectivity index (χ2v) is 13.5. The summed E-state index contributed by atoms with van der Waals surface area (Å²) < 4.78 is 37.8. The van der Waals surface area contributed by atoms with Crippen LogP contribution in [0.3, 0.4) is 0 Å². The Hall–Kier alpha value is -4.79. The van der Waals surface area contributed by atoms with Gasteiger partial charge in [0.15, 0.2) is 0 Å². The van der Waals surface area contributed by atoms with Gasteiger partial charge in [-0.25, -0.2) is 0 Å². The second-order valence-electron chi connectivity index (χ2n) is 11.8. The maximum atomic E-state index is 13.7. The third-order valence-corrected chi connectivity index (χ3v) is 10.1. The number of fused-ring (bicyclic) bond motifs is 2. The topological polar surface area (TPSA) is 95.6 Å². The van der Waals surface area contributed by atoms with E-state index in [1.807, 2.05) is 19.1 Å². The highest BCUT2D eigenvalue weighted by atomic mass is 32.2. The lowest BCUT2D eigenvalue weighted by atomic mass is 9.95. The summed E-state index contributed by atoms with van der Waals surface area (Å²) in [4.78, 5) is 27.4. The van der Waals surface area contributed by atoms with Crippen LogP contribution in [-0.2, 0) is 27.3 Å². The van der Waals surface area contributed by atoms with Gasteiger partial charge in [0.1, 0.15) is 11.2 Å². The van der Waals surface area contributed by atoms with Crippen molar-refractivity contribution in [3.63, 3.8) is 0 Å². The third-order valence-electron chi connectivity index (χ3n) is 8.74. The normalized spacial score (nSPS) is 12.2. The van der Waals surface area contributed by atoms with Gasteiger partial charge >= 0.3 is 0 Å². The Balaban J connectivity index is 1.23. The van der Waals surface area contributed by atoms with E-state index in [4.69, 9.17) is 8.60 Å². The van der Waals surface area contributed by atoms with E-state index in [1.165, 1.54) is 28.7 Å². The predicted molar refractivity (Wildman–Crippen MR) is 183 cm³/mol. The van der Waals surface area contributed by atoms with Crippen molar-refractivity contribution in [1.82, 2.24) is 4.57 Å². The molecule has 0 N–H and O–H groups in total. The lowest BCUT2D eigenvalue weighted by Crippen LogP contribution is -2.33. The number of pyridine rings is 1. The number of unbranched alkanes of at least 4 members (excludes halogenated alkanes) is 1. The van der Waals surface area contributed by atoms with Crippen molar-refractivity contribution in [2.45, 2.75) is 51.0 Å². The zero-order chi connectivity index (χ0) is 32.0. The summed E-state index contributed by atoms with van der Waals surface area (Å²) in [6, 6.07) is 28.3. The molecule has 7 nitrogen and oxygen atoms in total. The Kier molecular flexibility index (Phi) is 7.71. The van der Waals surface area contributed by atoms with Gasteiger partial charge in [0, 0.05) is 33.5 Å². The fraction of sp³-hybridized carbons (Fsp3) is 0.211. The van der Waals surface area contributed by atoms with E-state index >= 15 is 0 Å². The summed E-state index contributed by atoms with van der Waals surface area (Å²) in [6.07, 6.45) is 3.56. The maximum absolute atomic E-state index is 13.7. The first-order valence-electron chi connectivity index (χ1n) is 15.6. The molecule has 0 atom stereocenters. The Morgan fingerprint density at radius 2 is 1.35 bits per heavy atom. The molecule has 0 aliphatic heterocycles. The van der Waals surface area contributed by atoms with Gasteiger partial charge in [-0.2, -0.15) is 8.42 Å². The highest BCUT2D eigenvalue weighted by Crippen LogP contribution is 2.38. The first-order valence-corrected chi connectivity index (χ1v) is 17.0. The van der Waals surface area contributed by atoms with Crippen molar-refractivity contribution < 1.29 is 17.0 Å². The molecule has 0 saturated carbocycles. The molecule has 46 heavy (non-hydrogen) atoms. The number of aromatic nitrogens is 1. The number of benzene rings is 5. The van der Waals surface area contributed by atoms with Crippen LogP contribution in [0.25, 0.3) is 54.6 Å². The van der Waals surface area contributed by atoms with Crippen LogP contribution in [0, 0.1) is 6.92 Å². The van der Waals surface area contributed by atoms with Gasteiger partial charge in [-0.15, -0.1) is 0 Å². The van der Waals surface area contributed by atoms with E-state index in [-0.39, 0.29) is 24.5 Å². The summed E-state index contributed by atoms with van der Waals surface area (Å²) in [6.45, 7) is 3.92. The number of nitrogens with zero attached hydrogens (tertiary/aromatic N) is 1. The molecule has 0 radical (unpaired) electrons. The number of aryl methyl sites for hydroxylation is 2. The van der Waals surface area contributed by atoms with Crippen LogP contribution >= 0.6 is 0 Å². The van der Waals surface area contributed by atoms with E-state index in [1.54, 1.807) is 30.3 Å². The summed E-state index contributed by atoms with van der Waals surface area (Å²) in [5.41, 5.74) is 4.88. The van der Waals surface area contributed by atoms with Gasteiger partial charge in [0.25, 0.3) is 21.2 Å². The Bertz CT molecular complexity index is 2430. The van der Waals surface area contributed by atoms with Crippen LogP contribution in [0.15, 0.2) is 110 Å². The van der Waals surface area contributed by atoms with E-state index in [0.29, 0.717) is 21.7 Å².